The summed E-state index contributed by atoms with van der Waals surface area (Å²) in [5.41, 5.74) is 6.35. The zero-order valence-electron chi connectivity index (χ0n) is 12.9. The van der Waals surface area contributed by atoms with Crippen LogP contribution in [0.3, 0.4) is 0 Å². The highest BCUT2D eigenvalue weighted by atomic mass is 16.5. The summed E-state index contributed by atoms with van der Waals surface area (Å²) in [7, 11) is 3.21. The fourth-order valence-electron chi connectivity index (χ4n) is 1.96. The van der Waals surface area contributed by atoms with E-state index in [1.165, 1.54) is 0 Å². The van der Waals surface area contributed by atoms with Gasteiger partial charge in [0, 0.05) is 18.2 Å². The molecule has 2 aromatic carbocycles. The lowest BCUT2D eigenvalue weighted by atomic mass is 10.3. The van der Waals surface area contributed by atoms with Crippen LogP contribution in [0.5, 0.6) is 23.0 Å². The molecular weight excluding hydrogens is 282 g/mol. The van der Waals surface area contributed by atoms with Gasteiger partial charge < -0.3 is 24.7 Å². The second-order valence-corrected chi connectivity index (χ2v) is 4.61. The van der Waals surface area contributed by atoms with Gasteiger partial charge in [0.2, 0.25) is 0 Å². The molecule has 5 nitrogen and oxygen atoms in total. The van der Waals surface area contributed by atoms with Crippen LogP contribution in [0.4, 0.5) is 5.69 Å². The largest absolute Gasteiger partial charge is 0.493 e. The molecular formula is C17H21NO4. The van der Waals surface area contributed by atoms with Crippen molar-refractivity contribution in [2.24, 2.45) is 0 Å². The van der Waals surface area contributed by atoms with Gasteiger partial charge in [0.05, 0.1) is 27.4 Å². The molecule has 2 aromatic rings. The van der Waals surface area contributed by atoms with Crippen LogP contribution in [-0.4, -0.2) is 27.4 Å². The first-order chi connectivity index (χ1) is 10.7. The van der Waals surface area contributed by atoms with Gasteiger partial charge in [-0.2, -0.15) is 0 Å². The number of benzene rings is 2. The summed E-state index contributed by atoms with van der Waals surface area (Å²) in [5.74, 6) is 2.76. The Hall–Kier alpha value is -2.56. The quantitative estimate of drug-likeness (QED) is 0.599. The van der Waals surface area contributed by atoms with E-state index < -0.39 is 0 Å². The van der Waals surface area contributed by atoms with Crippen LogP contribution in [0, 0.1) is 0 Å². The Balaban J connectivity index is 1.78. The Kier molecular flexibility index (Phi) is 5.77. The summed E-state index contributed by atoms with van der Waals surface area (Å²) in [6, 6.07) is 12.9. The number of hydrogen-bond donors (Lipinski definition) is 1. The predicted molar refractivity (Wildman–Crippen MR) is 86.0 cm³/mol. The van der Waals surface area contributed by atoms with E-state index in [-0.39, 0.29) is 0 Å². The van der Waals surface area contributed by atoms with Crippen molar-refractivity contribution in [1.82, 2.24) is 0 Å². The number of rotatable bonds is 8. The molecule has 0 spiro atoms. The Morgan fingerprint density at radius 1 is 0.773 bits per heavy atom. The van der Waals surface area contributed by atoms with E-state index in [1.54, 1.807) is 32.4 Å². The van der Waals surface area contributed by atoms with E-state index in [0.717, 1.165) is 17.9 Å². The fraction of sp³-hybridized carbons (Fsp3) is 0.294. The first-order valence-electron chi connectivity index (χ1n) is 7.06. The first kappa shape index (κ1) is 15.8. The van der Waals surface area contributed by atoms with Crippen molar-refractivity contribution in [2.75, 3.05) is 33.2 Å². The molecule has 0 saturated carbocycles. The van der Waals surface area contributed by atoms with E-state index in [1.807, 2.05) is 24.3 Å². The lowest BCUT2D eigenvalue weighted by molar-refractivity contribution is 0.234. The Morgan fingerprint density at radius 2 is 1.36 bits per heavy atom. The molecule has 5 heteroatoms. The van der Waals surface area contributed by atoms with Gasteiger partial charge in [0.1, 0.15) is 0 Å². The molecule has 0 atom stereocenters. The molecule has 0 heterocycles. The molecule has 22 heavy (non-hydrogen) atoms. The number of para-hydroxylation sites is 2. The van der Waals surface area contributed by atoms with E-state index >= 15 is 0 Å². The third kappa shape index (κ3) is 4.22. The Morgan fingerprint density at radius 3 is 2.00 bits per heavy atom. The van der Waals surface area contributed by atoms with Crippen LogP contribution >= 0.6 is 0 Å². The minimum atomic E-state index is 0.523. The summed E-state index contributed by atoms with van der Waals surface area (Å²) >= 11 is 0. The average Bonchev–Trinajstić information content (AvgIpc) is 2.56. The Bertz CT molecular complexity index is 601. The molecule has 118 valence electrons. The summed E-state index contributed by atoms with van der Waals surface area (Å²) in [6.07, 6.45) is 0.742. The Labute approximate surface area is 130 Å². The minimum absolute atomic E-state index is 0.523. The molecule has 0 aliphatic heterocycles. The summed E-state index contributed by atoms with van der Waals surface area (Å²) in [6.45, 7) is 1.06. The van der Waals surface area contributed by atoms with Gasteiger partial charge in [-0.25, -0.2) is 0 Å². The van der Waals surface area contributed by atoms with Crippen molar-refractivity contribution in [1.29, 1.82) is 0 Å². The maximum atomic E-state index is 5.70. The number of ether oxygens (including phenoxy) is 4. The fourth-order valence-corrected chi connectivity index (χ4v) is 1.96. The lowest BCUT2D eigenvalue weighted by Gasteiger charge is -2.12. The molecule has 0 radical (unpaired) electrons. The smallest absolute Gasteiger partial charge is 0.162 e. The van der Waals surface area contributed by atoms with Crippen molar-refractivity contribution in [2.45, 2.75) is 6.42 Å². The van der Waals surface area contributed by atoms with E-state index in [2.05, 4.69) is 0 Å². The molecule has 0 unspecified atom stereocenters. The number of methoxy groups -OCH3 is 2. The summed E-state index contributed by atoms with van der Waals surface area (Å²) in [4.78, 5) is 0. The molecule has 0 saturated heterocycles. The van der Waals surface area contributed by atoms with Crippen molar-refractivity contribution >= 4 is 5.69 Å². The number of nitrogen functional groups attached to an aromatic ring is 1. The van der Waals surface area contributed by atoms with Crippen molar-refractivity contribution in [3.05, 3.63) is 42.5 Å². The van der Waals surface area contributed by atoms with Crippen LogP contribution in [0.25, 0.3) is 0 Å². The van der Waals surface area contributed by atoms with Gasteiger partial charge in [-0.05, 0) is 24.3 Å². The van der Waals surface area contributed by atoms with Gasteiger partial charge in [-0.3, -0.25) is 0 Å². The molecule has 0 amide bonds. The predicted octanol–water partition coefficient (Wildman–Crippen LogP) is 3.13. The van der Waals surface area contributed by atoms with Crippen LogP contribution in [0.1, 0.15) is 6.42 Å². The highest BCUT2D eigenvalue weighted by Crippen LogP contribution is 2.29. The molecule has 0 bridgehead atoms. The normalized spacial score (nSPS) is 10.1. The van der Waals surface area contributed by atoms with Crippen LogP contribution in [0.2, 0.25) is 0 Å². The van der Waals surface area contributed by atoms with Gasteiger partial charge in [-0.15, -0.1) is 0 Å². The van der Waals surface area contributed by atoms with Gasteiger partial charge in [0.25, 0.3) is 0 Å². The van der Waals surface area contributed by atoms with E-state index in [4.69, 9.17) is 24.7 Å². The van der Waals surface area contributed by atoms with Gasteiger partial charge in [0.15, 0.2) is 23.0 Å². The molecule has 0 aliphatic carbocycles. The second-order valence-electron chi connectivity index (χ2n) is 4.61. The van der Waals surface area contributed by atoms with Gasteiger partial charge >= 0.3 is 0 Å². The van der Waals surface area contributed by atoms with Gasteiger partial charge in [-0.1, -0.05) is 12.1 Å². The maximum Gasteiger partial charge on any atom is 0.162 e. The monoisotopic (exact) mass is 303 g/mol. The highest BCUT2D eigenvalue weighted by Gasteiger charge is 2.05. The minimum Gasteiger partial charge on any atom is -0.493 e. The molecule has 0 aliphatic rings. The van der Waals surface area contributed by atoms with Crippen molar-refractivity contribution < 1.29 is 18.9 Å². The standard InChI is InChI=1S/C17H21NO4/c1-19-14-6-3-4-7-15(14)21-10-5-11-22-16-9-8-13(18)12-17(16)20-2/h3-4,6-9,12H,5,10-11,18H2,1-2H3. The van der Waals surface area contributed by atoms with Crippen LogP contribution in [-0.2, 0) is 0 Å². The molecule has 0 fully saturated rings. The number of anilines is 1. The summed E-state index contributed by atoms with van der Waals surface area (Å²) in [5, 5.41) is 0. The highest BCUT2D eigenvalue weighted by molar-refractivity contribution is 5.51. The summed E-state index contributed by atoms with van der Waals surface area (Å²) < 4.78 is 21.8. The lowest BCUT2D eigenvalue weighted by Crippen LogP contribution is -2.06. The zero-order chi connectivity index (χ0) is 15.8. The number of nitrogens with two attached hydrogens (primary N) is 1. The topological polar surface area (TPSA) is 62.9 Å². The SMILES string of the molecule is COc1ccccc1OCCCOc1ccc(N)cc1OC. The first-order valence-corrected chi connectivity index (χ1v) is 7.06. The van der Waals surface area contributed by atoms with Crippen molar-refractivity contribution in [3.63, 3.8) is 0 Å². The van der Waals surface area contributed by atoms with E-state index in [9.17, 15) is 0 Å². The molecule has 2 rings (SSSR count). The van der Waals surface area contributed by atoms with Crippen molar-refractivity contribution in [3.8, 4) is 23.0 Å². The number of hydrogen-bond acceptors (Lipinski definition) is 5. The second kappa shape index (κ2) is 8.02. The van der Waals surface area contributed by atoms with Crippen LogP contribution < -0.4 is 24.7 Å². The zero-order valence-corrected chi connectivity index (χ0v) is 12.9. The third-order valence-electron chi connectivity index (χ3n) is 3.06. The molecule has 2 N–H and O–H groups in total. The van der Waals surface area contributed by atoms with Crippen LogP contribution in [0.15, 0.2) is 42.5 Å². The molecule has 0 aromatic heterocycles. The third-order valence-corrected chi connectivity index (χ3v) is 3.06. The maximum absolute atomic E-state index is 5.70. The average molecular weight is 303 g/mol. The van der Waals surface area contributed by atoms with E-state index in [0.29, 0.717) is 30.4 Å².